The highest BCUT2D eigenvalue weighted by atomic mass is 31.2. The van der Waals surface area contributed by atoms with Crippen LogP contribution in [0.4, 0.5) is 0 Å². The Bertz CT molecular complexity index is 1010. The van der Waals surface area contributed by atoms with Gasteiger partial charge in [-0.3, -0.25) is 4.57 Å². The molecule has 3 heteroatoms. The monoisotopic (exact) mass is 358 g/mol. The Balaban J connectivity index is 1.73. The summed E-state index contributed by atoms with van der Waals surface area (Å²) in [7, 11) is -3.17. The van der Waals surface area contributed by atoms with Crippen molar-refractivity contribution >= 4 is 28.8 Å². The summed E-state index contributed by atoms with van der Waals surface area (Å²) in [5, 5.41) is 3.71. The number of hydrogen-bond acceptors (Lipinski definition) is 2. The van der Waals surface area contributed by atoms with Crippen LogP contribution >= 0.6 is 7.37 Å². The highest BCUT2D eigenvalue weighted by Gasteiger charge is 2.28. The fourth-order valence-corrected chi connectivity index (χ4v) is 5.17. The molecule has 0 spiro atoms. The predicted octanol–water partition coefficient (Wildman–Crippen LogP) is 5.29. The quantitative estimate of drug-likeness (QED) is 0.453. The van der Waals surface area contributed by atoms with Crippen LogP contribution in [0.1, 0.15) is 5.56 Å². The van der Waals surface area contributed by atoms with Crippen LogP contribution in [0.3, 0.4) is 0 Å². The zero-order chi connectivity index (χ0) is 17.8. The van der Waals surface area contributed by atoms with Gasteiger partial charge in [-0.25, -0.2) is 0 Å². The molecule has 0 aliphatic heterocycles. The molecular formula is C23H19O2P. The minimum Gasteiger partial charge on any atom is -0.317 e. The fraction of sp³-hybridized carbons (Fsp3) is 0.0435. The molecule has 26 heavy (non-hydrogen) atoms. The molecule has 0 aromatic heterocycles. The van der Waals surface area contributed by atoms with Crippen LogP contribution in [0.5, 0.6) is 0 Å². The van der Waals surface area contributed by atoms with Gasteiger partial charge in [0, 0.05) is 10.6 Å². The lowest BCUT2D eigenvalue weighted by atomic mass is 10.1. The molecule has 2 nitrogen and oxygen atoms in total. The standard InChI is InChI=1S/C23H19O2P/c24-26(21-13-3-1-4-14-21,22-15-5-2-6-16-22)25-18-20-12-9-11-19-10-7-8-17-23(19)20/h1-17H,18H2. The van der Waals surface area contributed by atoms with Crippen molar-refractivity contribution in [2.24, 2.45) is 0 Å². The third-order valence-corrected chi connectivity index (χ3v) is 6.92. The smallest absolute Gasteiger partial charge is 0.261 e. The molecule has 128 valence electrons. The van der Waals surface area contributed by atoms with Crippen LogP contribution in [0, 0.1) is 0 Å². The van der Waals surface area contributed by atoms with E-state index in [1.807, 2.05) is 84.9 Å². The van der Waals surface area contributed by atoms with E-state index in [1.165, 1.54) is 0 Å². The maximum absolute atomic E-state index is 13.9. The highest BCUT2D eigenvalue weighted by molar-refractivity contribution is 7.74. The largest absolute Gasteiger partial charge is 0.317 e. The molecule has 0 aliphatic carbocycles. The molecule has 4 rings (SSSR count). The first kappa shape index (κ1) is 16.8. The maximum atomic E-state index is 13.9. The Kier molecular flexibility index (Phi) is 4.71. The molecule has 0 saturated carbocycles. The number of hydrogen-bond donors (Lipinski definition) is 0. The molecule has 0 fully saturated rings. The zero-order valence-electron chi connectivity index (χ0n) is 14.3. The van der Waals surface area contributed by atoms with Gasteiger partial charge in [0.1, 0.15) is 0 Å². The van der Waals surface area contributed by atoms with Crippen LogP contribution in [0.25, 0.3) is 10.8 Å². The van der Waals surface area contributed by atoms with Crippen LogP contribution < -0.4 is 10.6 Å². The summed E-state index contributed by atoms with van der Waals surface area (Å²) in [5.41, 5.74) is 1.04. The lowest BCUT2D eigenvalue weighted by molar-refractivity contribution is 0.317. The van der Waals surface area contributed by atoms with Gasteiger partial charge in [-0.1, -0.05) is 78.9 Å². The van der Waals surface area contributed by atoms with Crippen molar-refractivity contribution in [1.82, 2.24) is 0 Å². The molecule has 4 aromatic carbocycles. The SMILES string of the molecule is O=P(OCc1cccc2ccccc12)(c1ccccc1)c1ccccc1. The average Bonchev–Trinajstić information content (AvgIpc) is 2.73. The summed E-state index contributed by atoms with van der Waals surface area (Å²) in [6.07, 6.45) is 0. The first-order chi connectivity index (χ1) is 12.8. The van der Waals surface area contributed by atoms with Crippen molar-refractivity contribution in [2.45, 2.75) is 6.61 Å². The van der Waals surface area contributed by atoms with Gasteiger partial charge >= 0.3 is 0 Å². The van der Waals surface area contributed by atoms with Crippen molar-refractivity contribution in [3.8, 4) is 0 Å². The summed E-state index contributed by atoms with van der Waals surface area (Å²) in [6.45, 7) is 0.294. The van der Waals surface area contributed by atoms with Gasteiger partial charge in [0.25, 0.3) is 7.37 Å². The van der Waals surface area contributed by atoms with E-state index in [4.69, 9.17) is 4.52 Å². The molecule has 0 aliphatic rings. The van der Waals surface area contributed by atoms with Crippen molar-refractivity contribution in [3.63, 3.8) is 0 Å². The lowest BCUT2D eigenvalue weighted by Crippen LogP contribution is -2.18. The Hall–Kier alpha value is -2.67. The second-order valence-corrected chi connectivity index (χ2v) is 8.53. The molecule has 0 amide bonds. The third-order valence-electron chi connectivity index (χ3n) is 4.47. The minimum absolute atomic E-state index is 0.294. The molecule has 0 atom stereocenters. The molecule has 0 unspecified atom stereocenters. The second-order valence-electron chi connectivity index (χ2n) is 6.13. The Morgan fingerprint density at radius 3 is 1.81 bits per heavy atom. The normalized spacial score (nSPS) is 11.5. The highest BCUT2D eigenvalue weighted by Crippen LogP contribution is 2.45. The molecule has 0 N–H and O–H groups in total. The average molecular weight is 358 g/mol. The van der Waals surface area contributed by atoms with E-state index in [0.29, 0.717) is 17.2 Å². The van der Waals surface area contributed by atoms with Crippen molar-refractivity contribution in [3.05, 3.63) is 109 Å². The van der Waals surface area contributed by atoms with E-state index in [1.54, 1.807) is 0 Å². The summed E-state index contributed by atoms with van der Waals surface area (Å²) in [5.74, 6) is 0. The molecule has 0 radical (unpaired) electrons. The van der Waals surface area contributed by atoms with E-state index in [9.17, 15) is 4.57 Å². The molecule has 0 bridgehead atoms. The van der Waals surface area contributed by atoms with Gasteiger partial charge in [0.2, 0.25) is 0 Å². The molecule has 4 aromatic rings. The number of fused-ring (bicyclic) bond motifs is 1. The molecular weight excluding hydrogens is 339 g/mol. The van der Waals surface area contributed by atoms with E-state index in [0.717, 1.165) is 16.3 Å². The maximum Gasteiger partial charge on any atom is 0.261 e. The summed E-state index contributed by atoms with van der Waals surface area (Å²) in [6, 6.07) is 33.2. The first-order valence-electron chi connectivity index (χ1n) is 8.60. The van der Waals surface area contributed by atoms with Crippen molar-refractivity contribution in [1.29, 1.82) is 0 Å². The molecule has 0 heterocycles. The van der Waals surface area contributed by atoms with E-state index < -0.39 is 7.37 Å². The fourth-order valence-electron chi connectivity index (χ4n) is 3.13. The third kappa shape index (κ3) is 3.22. The predicted molar refractivity (Wildman–Crippen MR) is 108 cm³/mol. The van der Waals surface area contributed by atoms with Gasteiger partial charge in [-0.2, -0.15) is 0 Å². The zero-order valence-corrected chi connectivity index (χ0v) is 15.2. The number of benzene rings is 4. The summed E-state index contributed by atoms with van der Waals surface area (Å²) < 4.78 is 20.1. The van der Waals surface area contributed by atoms with E-state index in [2.05, 4.69) is 18.2 Å². The summed E-state index contributed by atoms with van der Waals surface area (Å²) >= 11 is 0. The van der Waals surface area contributed by atoms with Gasteiger partial charge in [0.15, 0.2) is 0 Å². The Labute approximate surface area is 153 Å². The van der Waals surface area contributed by atoms with Crippen molar-refractivity contribution < 1.29 is 9.09 Å². The van der Waals surface area contributed by atoms with Crippen LogP contribution in [0.2, 0.25) is 0 Å². The second kappa shape index (κ2) is 7.29. The van der Waals surface area contributed by atoms with Gasteiger partial charge < -0.3 is 4.52 Å². The van der Waals surface area contributed by atoms with Gasteiger partial charge in [0.05, 0.1) is 6.61 Å². The van der Waals surface area contributed by atoms with E-state index in [-0.39, 0.29) is 0 Å². The minimum atomic E-state index is -3.17. The van der Waals surface area contributed by atoms with Crippen LogP contribution in [0.15, 0.2) is 103 Å². The van der Waals surface area contributed by atoms with Crippen LogP contribution in [-0.4, -0.2) is 0 Å². The Morgan fingerprint density at radius 1 is 0.615 bits per heavy atom. The first-order valence-corrected chi connectivity index (χ1v) is 10.2. The van der Waals surface area contributed by atoms with E-state index >= 15 is 0 Å². The lowest BCUT2D eigenvalue weighted by Gasteiger charge is -2.20. The molecule has 0 saturated heterocycles. The summed E-state index contributed by atoms with van der Waals surface area (Å²) in [4.78, 5) is 0. The van der Waals surface area contributed by atoms with Crippen LogP contribution in [-0.2, 0) is 15.7 Å². The van der Waals surface area contributed by atoms with Gasteiger partial charge in [-0.15, -0.1) is 0 Å². The Morgan fingerprint density at radius 2 is 1.15 bits per heavy atom. The van der Waals surface area contributed by atoms with Gasteiger partial charge in [-0.05, 0) is 40.6 Å². The van der Waals surface area contributed by atoms with Crippen molar-refractivity contribution in [2.75, 3.05) is 0 Å². The number of rotatable bonds is 5. The topological polar surface area (TPSA) is 26.3 Å².